The molecular weight excluding hydrogens is 394 g/mol. The maximum absolute atomic E-state index is 13.4. The second kappa shape index (κ2) is 7.36. The Morgan fingerprint density at radius 3 is 2.60 bits per heavy atom. The van der Waals surface area contributed by atoms with Gasteiger partial charge in [-0.3, -0.25) is 4.79 Å². The fourth-order valence-electron chi connectivity index (χ4n) is 4.66. The van der Waals surface area contributed by atoms with Gasteiger partial charge in [-0.2, -0.15) is 0 Å². The molecule has 2 aliphatic rings. The number of carbonyl (C=O) groups is 1. The Balaban J connectivity index is 1.74. The van der Waals surface area contributed by atoms with E-state index in [4.69, 9.17) is 15.5 Å². The second-order valence-corrected chi connectivity index (χ2v) is 9.91. The normalized spacial score (nSPS) is 18.4. The molecule has 0 aliphatic carbocycles. The van der Waals surface area contributed by atoms with Crippen LogP contribution >= 0.6 is 11.3 Å². The number of hydrogen-bond acceptors (Lipinski definition) is 6. The molecular formula is C24H27N3O2S. The first-order chi connectivity index (χ1) is 14.4. The van der Waals surface area contributed by atoms with Crippen LogP contribution in [-0.4, -0.2) is 29.5 Å². The van der Waals surface area contributed by atoms with E-state index in [1.54, 1.807) is 0 Å². The molecule has 2 aliphatic heterocycles. The van der Waals surface area contributed by atoms with E-state index >= 15 is 0 Å². The number of fused-ring (bicyclic) bond motifs is 3. The smallest absolute Gasteiger partial charge is 0.196 e. The summed E-state index contributed by atoms with van der Waals surface area (Å²) in [5.74, 6) is 0.992. The molecule has 156 valence electrons. The summed E-state index contributed by atoms with van der Waals surface area (Å²) in [6.45, 7) is 6.77. The van der Waals surface area contributed by atoms with Crippen LogP contribution in [0.1, 0.15) is 60.2 Å². The van der Waals surface area contributed by atoms with Crippen molar-refractivity contribution in [2.24, 2.45) is 0 Å². The summed E-state index contributed by atoms with van der Waals surface area (Å²) >= 11 is 1.43. The average molecular weight is 422 g/mol. The van der Waals surface area contributed by atoms with Crippen molar-refractivity contribution in [3.05, 3.63) is 52.6 Å². The SMILES string of the molecule is CC1(C)Cc2c(c(N3CCCCC3)nc3sc(N)c(C(=O)c4ccccc4)c23)CO1. The predicted molar refractivity (Wildman–Crippen MR) is 123 cm³/mol. The summed E-state index contributed by atoms with van der Waals surface area (Å²) in [5, 5.41) is 1.48. The lowest BCUT2D eigenvalue weighted by molar-refractivity contribution is -0.0395. The Morgan fingerprint density at radius 1 is 1.13 bits per heavy atom. The standard InChI is InChI=1S/C24H27N3O2S/c1-24(2)13-16-17(14-29-24)22(27-11-7-4-8-12-27)26-23-18(16)19(21(25)30-23)20(28)15-9-5-3-6-10-15/h3,5-6,9-10H,4,7-8,11-14,25H2,1-2H3. The van der Waals surface area contributed by atoms with Gasteiger partial charge in [0.2, 0.25) is 0 Å². The van der Waals surface area contributed by atoms with Gasteiger partial charge in [-0.25, -0.2) is 4.98 Å². The Bertz CT molecular complexity index is 1110. The van der Waals surface area contributed by atoms with Crippen molar-refractivity contribution >= 4 is 38.2 Å². The van der Waals surface area contributed by atoms with Gasteiger partial charge < -0.3 is 15.4 Å². The van der Waals surface area contributed by atoms with Crippen LogP contribution in [0.5, 0.6) is 0 Å². The quantitative estimate of drug-likeness (QED) is 0.606. The van der Waals surface area contributed by atoms with Gasteiger partial charge in [0.15, 0.2) is 5.78 Å². The molecule has 0 saturated carbocycles. The lowest BCUT2D eigenvalue weighted by Crippen LogP contribution is -2.36. The summed E-state index contributed by atoms with van der Waals surface area (Å²) in [7, 11) is 0. The molecule has 0 unspecified atom stereocenters. The van der Waals surface area contributed by atoms with Gasteiger partial charge in [0.25, 0.3) is 0 Å². The van der Waals surface area contributed by atoms with Crippen LogP contribution in [0.4, 0.5) is 10.8 Å². The fraction of sp³-hybridized carbons (Fsp3) is 0.417. The minimum Gasteiger partial charge on any atom is -0.390 e. The molecule has 5 rings (SSSR count). The number of ketones is 1. The molecule has 0 spiro atoms. The van der Waals surface area contributed by atoms with Crippen LogP contribution in [0.15, 0.2) is 30.3 Å². The number of piperidine rings is 1. The highest BCUT2D eigenvalue weighted by molar-refractivity contribution is 7.22. The number of nitrogens with two attached hydrogens (primary N) is 1. The minimum absolute atomic E-state index is 0.0293. The molecule has 0 atom stereocenters. The second-order valence-electron chi connectivity index (χ2n) is 8.88. The number of carbonyl (C=O) groups excluding carboxylic acids is 1. The van der Waals surface area contributed by atoms with Crippen LogP contribution in [0.25, 0.3) is 10.2 Å². The number of ether oxygens (including phenoxy) is 1. The van der Waals surface area contributed by atoms with Gasteiger partial charge in [0, 0.05) is 36.0 Å². The summed E-state index contributed by atoms with van der Waals surface area (Å²) in [5.41, 5.74) is 9.72. The van der Waals surface area contributed by atoms with E-state index in [1.807, 2.05) is 30.3 Å². The lowest BCUT2D eigenvalue weighted by atomic mass is 9.88. The molecule has 3 aromatic rings. The summed E-state index contributed by atoms with van der Waals surface area (Å²) < 4.78 is 6.18. The van der Waals surface area contributed by atoms with Crippen molar-refractivity contribution < 1.29 is 9.53 Å². The number of nitrogens with zero attached hydrogens (tertiary/aromatic N) is 2. The number of benzene rings is 1. The zero-order valence-corrected chi connectivity index (χ0v) is 18.3. The van der Waals surface area contributed by atoms with Crippen LogP contribution in [0.2, 0.25) is 0 Å². The monoisotopic (exact) mass is 421 g/mol. The first-order valence-corrected chi connectivity index (χ1v) is 11.5. The molecule has 30 heavy (non-hydrogen) atoms. The highest BCUT2D eigenvalue weighted by Gasteiger charge is 2.34. The molecule has 1 fully saturated rings. The molecule has 0 radical (unpaired) electrons. The molecule has 0 bridgehead atoms. The van der Waals surface area contributed by atoms with Crippen molar-refractivity contribution in [1.82, 2.24) is 4.98 Å². The Morgan fingerprint density at radius 2 is 1.87 bits per heavy atom. The van der Waals surface area contributed by atoms with Gasteiger partial charge >= 0.3 is 0 Å². The van der Waals surface area contributed by atoms with E-state index in [9.17, 15) is 4.79 Å². The third kappa shape index (κ3) is 3.28. The number of aromatic nitrogens is 1. The Hall–Kier alpha value is -2.44. The zero-order valence-electron chi connectivity index (χ0n) is 17.5. The van der Waals surface area contributed by atoms with Gasteiger partial charge in [-0.1, -0.05) is 41.7 Å². The largest absolute Gasteiger partial charge is 0.390 e. The van der Waals surface area contributed by atoms with Crippen LogP contribution in [0.3, 0.4) is 0 Å². The Kier molecular flexibility index (Phi) is 4.79. The van der Waals surface area contributed by atoms with Gasteiger partial charge in [0.1, 0.15) is 10.6 Å². The minimum atomic E-state index is -0.287. The first kappa shape index (κ1) is 19.5. The van der Waals surface area contributed by atoms with Crippen molar-refractivity contribution in [2.45, 2.75) is 51.7 Å². The third-order valence-electron chi connectivity index (χ3n) is 6.19. The molecule has 6 heteroatoms. The number of thiophene rings is 1. The van der Waals surface area contributed by atoms with Crippen LogP contribution < -0.4 is 10.6 Å². The van der Waals surface area contributed by atoms with E-state index in [0.29, 0.717) is 22.7 Å². The van der Waals surface area contributed by atoms with E-state index in [0.717, 1.165) is 41.1 Å². The van der Waals surface area contributed by atoms with Crippen LogP contribution in [-0.2, 0) is 17.8 Å². The maximum Gasteiger partial charge on any atom is 0.196 e. The van der Waals surface area contributed by atoms with Crippen LogP contribution in [0, 0.1) is 0 Å². The number of anilines is 2. The number of rotatable bonds is 3. The predicted octanol–water partition coefficient (Wildman–Crippen LogP) is 4.95. The van der Waals surface area contributed by atoms with E-state index in [-0.39, 0.29) is 11.4 Å². The topological polar surface area (TPSA) is 68.5 Å². The molecule has 1 aromatic carbocycles. The summed E-state index contributed by atoms with van der Waals surface area (Å²) in [6, 6.07) is 9.38. The van der Waals surface area contributed by atoms with E-state index in [1.165, 1.54) is 36.2 Å². The molecule has 2 N–H and O–H groups in total. The highest BCUT2D eigenvalue weighted by atomic mass is 32.1. The number of nitrogen functional groups attached to an aromatic ring is 1. The third-order valence-corrected chi connectivity index (χ3v) is 7.10. The lowest BCUT2D eigenvalue weighted by Gasteiger charge is -2.36. The fourth-order valence-corrected chi connectivity index (χ4v) is 5.63. The number of pyridine rings is 1. The van der Waals surface area contributed by atoms with E-state index < -0.39 is 0 Å². The van der Waals surface area contributed by atoms with Crippen molar-refractivity contribution in [3.8, 4) is 0 Å². The molecule has 4 heterocycles. The van der Waals surface area contributed by atoms with Crippen molar-refractivity contribution in [3.63, 3.8) is 0 Å². The first-order valence-electron chi connectivity index (χ1n) is 10.7. The molecule has 5 nitrogen and oxygen atoms in total. The molecule has 1 saturated heterocycles. The van der Waals surface area contributed by atoms with E-state index in [2.05, 4.69) is 18.7 Å². The number of hydrogen-bond donors (Lipinski definition) is 1. The van der Waals surface area contributed by atoms with Crippen molar-refractivity contribution in [2.75, 3.05) is 23.7 Å². The van der Waals surface area contributed by atoms with Gasteiger partial charge in [-0.05, 0) is 38.7 Å². The molecule has 0 amide bonds. The summed E-state index contributed by atoms with van der Waals surface area (Å²) in [6.07, 6.45) is 4.38. The van der Waals surface area contributed by atoms with Gasteiger partial charge in [-0.15, -0.1) is 0 Å². The average Bonchev–Trinajstić information content (AvgIpc) is 3.09. The maximum atomic E-state index is 13.4. The van der Waals surface area contributed by atoms with Crippen molar-refractivity contribution in [1.29, 1.82) is 0 Å². The Labute approximate surface area is 180 Å². The summed E-state index contributed by atoms with van der Waals surface area (Å²) in [4.78, 5) is 21.7. The highest BCUT2D eigenvalue weighted by Crippen LogP contribution is 2.44. The van der Waals surface area contributed by atoms with Gasteiger partial charge in [0.05, 0.1) is 22.8 Å². The zero-order chi connectivity index (χ0) is 20.9. The molecule has 2 aromatic heterocycles.